The number of ether oxygens (including phenoxy) is 1. The van der Waals surface area contributed by atoms with Gasteiger partial charge < -0.3 is 9.15 Å². The number of aromatic nitrogens is 2. The van der Waals surface area contributed by atoms with Crippen LogP contribution in [0.5, 0.6) is 5.75 Å². The van der Waals surface area contributed by atoms with Crippen molar-refractivity contribution in [3.05, 3.63) is 97.9 Å². The lowest BCUT2D eigenvalue weighted by Crippen LogP contribution is -2.15. The Balaban J connectivity index is 1.52. The van der Waals surface area contributed by atoms with Crippen molar-refractivity contribution in [2.24, 2.45) is 0 Å². The highest BCUT2D eigenvalue weighted by molar-refractivity contribution is 7.15. The van der Waals surface area contributed by atoms with Gasteiger partial charge >= 0.3 is 0 Å². The van der Waals surface area contributed by atoms with E-state index in [0.29, 0.717) is 16.3 Å². The van der Waals surface area contributed by atoms with Crippen molar-refractivity contribution in [2.45, 2.75) is 13.0 Å². The first-order valence-corrected chi connectivity index (χ1v) is 8.81. The van der Waals surface area contributed by atoms with Crippen LogP contribution in [0.4, 0.5) is 0 Å². The largest absolute Gasteiger partial charge is 0.482 e. The Kier molecular flexibility index (Phi) is 4.37. The van der Waals surface area contributed by atoms with E-state index in [1.54, 1.807) is 10.6 Å². The molecular formula is C19H14N2O4S. The van der Waals surface area contributed by atoms with Crippen LogP contribution in [0, 0.1) is 0 Å². The van der Waals surface area contributed by atoms with E-state index in [0.717, 1.165) is 5.56 Å². The summed E-state index contributed by atoms with van der Waals surface area (Å²) in [6, 6.07) is 10.9. The summed E-state index contributed by atoms with van der Waals surface area (Å²) in [4.78, 5) is 29.0. The molecule has 3 heterocycles. The Morgan fingerprint density at radius 2 is 2.04 bits per heavy atom. The van der Waals surface area contributed by atoms with Crippen molar-refractivity contribution >= 4 is 16.3 Å². The maximum absolute atomic E-state index is 12.2. The lowest BCUT2D eigenvalue weighted by atomic mass is 10.2. The van der Waals surface area contributed by atoms with Crippen molar-refractivity contribution in [1.82, 2.24) is 9.38 Å². The van der Waals surface area contributed by atoms with Crippen LogP contribution in [-0.2, 0) is 13.0 Å². The van der Waals surface area contributed by atoms with Crippen LogP contribution >= 0.6 is 11.3 Å². The quantitative estimate of drug-likeness (QED) is 0.543. The molecule has 0 spiro atoms. The summed E-state index contributed by atoms with van der Waals surface area (Å²) in [5, 5.41) is 1.85. The molecule has 0 fully saturated rings. The van der Waals surface area contributed by atoms with Crippen molar-refractivity contribution in [3.8, 4) is 5.75 Å². The van der Waals surface area contributed by atoms with Crippen LogP contribution in [0.1, 0.15) is 16.9 Å². The van der Waals surface area contributed by atoms with Crippen LogP contribution in [0.3, 0.4) is 0 Å². The molecule has 1 aromatic carbocycles. The summed E-state index contributed by atoms with van der Waals surface area (Å²) in [6.45, 7) is 0.283. The minimum atomic E-state index is -0.320. The molecule has 3 aromatic heterocycles. The Labute approximate surface area is 152 Å². The van der Waals surface area contributed by atoms with E-state index in [1.807, 2.05) is 41.9 Å². The van der Waals surface area contributed by atoms with Gasteiger partial charge in [0, 0.05) is 35.8 Å². The van der Waals surface area contributed by atoms with E-state index in [4.69, 9.17) is 9.15 Å². The molecule has 0 unspecified atom stereocenters. The summed E-state index contributed by atoms with van der Waals surface area (Å²) >= 11 is 1.39. The number of fused-ring (bicyclic) bond motifs is 1. The van der Waals surface area contributed by atoms with Gasteiger partial charge in [-0.1, -0.05) is 30.3 Å². The first kappa shape index (κ1) is 16.3. The Bertz CT molecular complexity index is 1160. The van der Waals surface area contributed by atoms with Crippen LogP contribution in [0.2, 0.25) is 0 Å². The zero-order valence-electron chi connectivity index (χ0n) is 13.6. The van der Waals surface area contributed by atoms with Gasteiger partial charge in [0.25, 0.3) is 5.56 Å². The molecule has 26 heavy (non-hydrogen) atoms. The maximum Gasteiger partial charge on any atom is 0.277 e. The SMILES string of the molecule is O=c1cc(Cc2cn3ccsc3nc2=O)occ1OCc1ccccc1. The first-order valence-electron chi connectivity index (χ1n) is 7.93. The molecule has 6 nitrogen and oxygen atoms in total. The third-order valence-corrected chi connectivity index (χ3v) is 4.61. The second kappa shape index (κ2) is 6.97. The van der Waals surface area contributed by atoms with Crippen LogP contribution < -0.4 is 15.7 Å². The van der Waals surface area contributed by atoms with E-state index < -0.39 is 0 Å². The molecule has 0 radical (unpaired) electrons. The lowest BCUT2D eigenvalue weighted by molar-refractivity contribution is 0.290. The Hall–Kier alpha value is -3.19. The third-order valence-electron chi connectivity index (χ3n) is 3.84. The molecule has 4 aromatic rings. The fourth-order valence-electron chi connectivity index (χ4n) is 2.53. The zero-order chi connectivity index (χ0) is 17.9. The predicted octanol–water partition coefficient (Wildman–Crippen LogP) is 2.88. The fourth-order valence-corrected chi connectivity index (χ4v) is 3.21. The number of hydrogen-bond acceptors (Lipinski definition) is 6. The molecule has 0 saturated carbocycles. The highest BCUT2D eigenvalue weighted by Gasteiger charge is 2.10. The molecule has 0 aliphatic heterocycles. The van der Waals surface area contributed by atoms with Gasteiger partial charge in [0.1, 0.15) is 18.6 Å². The molecule has 0 aliphatic carbocycles. The van der Waals surface area contributed by atoms with Crippen molar-refractivity contribution < 1.29 is 9.15 Å². The highest BCUT2D eigenvalue weighted by atomic mass is 32.1. The molecule has 0 aliphatic rings. The van der Waals surface area contributed by atoms with Gasteiger partial charge in [-0.15, -0.1) is 11.3 Å². The number of thiazole rings is 1. The Morgan fingerprint density at radius 1 is 1.19 bits per heavy atom. The smallest absolute Gasteiger partial charge is 0.277 e. The molecule has 0 bridgehead atoms. The van der Waals surface area contributed by atoms with Gasteiger partial charge in [-0.2, -0.15) is 4.98 Å². The molecule has 0 N–H and O–H groups in total. The van der Waals surface area contributed by atoms with E-state index in [2.05, 4.69) is 4.98 Å². The highest BCUT2D eigenvalue weighted by Crippen LogP contribution is 2.13. The summed E-state index contributed by atoms with van der Waals surface area (Å²) in [7, 11) is 0. The van der Waals surface area contributed by atoms with E-state index >= 15 is 0 Å². The summed E-state index contributed by atoms with van der Waals surface area (Å²) < 4.78 is 12.8. The van der Waals surface area contributed by atoms with Gasteiger partial charge in [-0.25, -0.2) is 0 Å². The number of hydrogen-bond donors (Lipinski definition) is 0. The van der Waals surface area contributed by atoms with Gasteiger partial charge in [0.15, 0.2) is 4.96 Å². The molecule has 4 rings (SSSR count). The summed E-state index contributed by atoms with van der Waals surface area (Å²) in [5.74, 6) is 0.525. The molecular weight excluding hydrogens is 352 g/mol. The minimum absolute atomic E-state index is 0.140. The second-order valence-corrected chi connectivity index (χ2v) is 6.56. The summed E-state index contributed by atoms with van der Waals surface area (Å²) in [5.41, 5.74) is 0.812. The monoisotopic (exact) mass is 366 g/mol. The molecule has 7 heteroatoms. The predicted molar refractivity (Wildman–Crippen MR) is 97.9 cm³/mol. The van der Waals surface area contributed by atoms with Gasteiger partial charge in [0.2, 0.25) is 11.2 Å². The fraction of sp³-hybridized carbons (Fsp3) is 0.105. The topological polar surface area (TPSA) is 73.8 Å². The number of benzene rings is 1. The van der Waals surface area contributed by atoms with E-state index in [1.165, 1.54) is 23.7 Å². The maximum atomic E-state index is 12.2. The van der Waals surface area contributed by atoms with Gasteiger partial charge in [0.05, 0.1) is 0 Å². The Morgan fingerprint density at radius 3 is 2.85 bits per heavy atom. The van der Waals surface area contributed by atoms with Gasteiger partial charge in [-0.3, -0.25) is 14.0 Å². The summed E-state index contributed by atoms with van der Waals surface area (Å²) in [6.07, 6.45) is 5.02. The number of rotatable bonds is 5. The third kappa shape index (κ3) is 3.43. The van der Waals surface area contributed by atoms with E-state index in [9.17, 15) is 9.59 Å². The van der Waals surface area contributed by atoms with Crippen molar-refractivity contribution in [3.63, 3.8) is 0 Å². The zero-order valence-corrected chi connectivity index (χ0v) is 14.4. The van der Waals surface area contributed by atoms with Crippen LogP contribution in [-0.4, -0.2) is 9.38 Å². The van der Waals surface area contributed by atoms with Crippen LogP contribution in [0.15, 0.2) is 74.4 Å². The van der Waals surface area contributed by atoms with Crippen molar-refractivity contribution in [1.29, 1.82) is 0 Å². The molecule has 0 atom stereocenters. The first-order chi connectivity index (χ1) is 12.7. The molecule has 0 saturated heterocycles. The normalized spacial score (nSPS) is 10.9. The van der Waals surface area contributed by atoms with E-state index in [-0.39, 0.29) is 29.8 Å². The lowest BCUT2D eigenvalue weighted by Gasteiger charge is -2.06. The molecule has 130 valence electrons. The van der Waals surface area contributed by atoms with Crippen LogP contribution in [0.25, 0.3) is 4.96 Å². The average molecular weight is 366 g/mol. The van der Waals surface area contributed by atoms with Crippen molar-refractivity contribution in [2.75, 3.05) is 0 Å². The number of nitrogens with zero attached hydrogens (tertiary/aromatic N) is 2. The second-order valence-electron chi connectivity index (χ2n) is 5.69. The van der Waals surface area contributed by atoms with Gasteiger partial charge in [-0.05, 0) is 5.56 Å². The standard InChI is InChI=1S/C19H14N2O4S/c22-16-9-15(8-14-10-21-6-7-26-19(21)20-18(14)23)24-12-17(16)25-11-13-4-2-1-3-5-13/h1-7,9-10,12H,8,11H2. The minimum Gasteiger partial charge on any atom is -0.482 e. The molecule has 0 amide bonds. The average Bonchev–Trinajstić information content (AvgIpc) is 3.09.